The predicted molar refractivity (Wildman–Crippen MR) is 80.9 cm³/mol. The normalized spacial score (nSPS) is 13.4. The summed E-state index contributed by atoms with van der Waals surface area (Å²) in [7, 11) is 1.41. The second-order valence-corrected chi connectivity index (χ2v) is 5.11. The molecule has 1 amide bonds. The van der Waals surface area contributed by atoms with Crippen molar-refractivity contribution in [3.63, 3.8) is 0 Å². The third kappa shape index (κ3) is 3.91. The molecule has 0 aliphatic rings. The summed E-state index contributed by atoms with van der Waals surface area (Å²) in [6.45, 7) is -0.339. The molecule has 0 saturated carbocycles. The SMILES string of the molecule is COC[C@@](O)(CNC(=O)c1c(F)cccc1F)c1ccccc1. The Morgan fingerprint density at radius 2 is 1.74 bits per heavy atom. The van der Waals surface area contributed by atoms with Gasteiger partial charge in [-0.3, -0.25) is 4.79 Å². The van der Waals surface area contributed by atoms with E-state index >= 15 is 0 Å². The monoisotopic (exact) mass is 321 g/mol. The van der Waals surface area contributed by atoms with Crippen LogP contribution in [0.3, 0.4) is 0 Å². The first-order valence-electron chi connectivity index (χ1n) is 6.97. The Morgan fingerprint density at radius 1 is 1.13 bits per heavy atom. The highest BCUT2D eigenvalue weighted by atomic mass is 19.1. The van der Waals surface area contributed by atoms with Crippen LogP contribution >= 0.6 is 0 Å². The molecule has 2 aromatic carbocycles. The van der Waals surface area contributed by atoms with E-state index in [1.807, 2.05) is 0 Å². The Kier molecular flexibility index (Phi) is 5.41. The number of benzene rings is 2. The Hall–Kier alpha value is -2.31. The van der Waals surface area contributed by atoms with E-state index in [0.29, 0.717) is 5.56 Å². The summed E-state index contributed by atoms with van der Waals surface area (Å²) < 4.78 is 32.2. The van der Waals surface area contributed by atoms with Gasteiger partial charge in [-0.25, -0.2) is 8.78 Å². The van der Waals surface area contributed by atoms with Crippen LogP contribution in [0.2, 0.25) is 0 Å². The molecule has 0 saturated heterocycles. The van der Waals surface area contributed by atoms with Gasteiger partial charge in [0.05, 0.1) is 13.2 Å². The minimum absolute atomic E-state index is 0.0863. The predicted octanol–water partition coefficient (Wildman–Crippen LogP) is 2.23. The Morgan fingerprint density at radius 3 is 2.30 bits per heavy atom. The molecule has 4 nitrogen and oxygen atoms in total. The fourth-order valence-corrected chi connectivity index (χ4v) is 2.25. The third-order valence-electron chi connectivity index (χ3n) is 3.43. The minimum Gasteiger partial charge on any atom is -0.381 e. The highest BCUT2D eigenvalue weighted by molar-refractivity contribution is 5.94. The molecule has 0 spiro atoms. The molecule has 0 radical (unpaired) electrons. The van der Waals surface area contributed by atoms with Crippen molar-refractivity contribution >= 4 is 5.91 Å². The standard InChI is InChI=1S/C17H17F2NO3/c1-23-11-17(22,12-6-3-2-4-7-12)10-20-16(21)15-13(18)8-5-9-14(15)19/h2-9,22H,10-11H2,1H3,(H,20,21)/t17-/m0/s1. The zero-order valence-electron chi connectivity index (χ0n) is 12.6. The summed E-state index contributed by atoms with van der Waals surface area (Å²) >= 11 is 0. The average molecular weight is 321 g/mol. The molecule has 6 heteroatoms. The van der Waals surface area contributed by atoms with Crippen LogP contribution in [0.4, 0.5) is 8.78 Å². The smallest absolute Gasteiger partial charge is 0.257 e. The Bertz CT molecular complexity index is 659. The van der Waals surface area contributed by atoms with Crippen LogP contribution in [-0.4, -0.2) is 31.3 Å². The van der Waals surface area contributed by atoms with Crippen molar-refractivity contribution in [1.82, 2.24) is 5.32 Å². The van der Waals surface area contributed by atoms with Gasteiger partial charge in [0, 0.05) is 7.11 Å². The molecule has 2 N–H and O–H groups in total. The summed E-state index contributed by atoms with van der Waals surface area (Å²) in [4.78, 5) is 12.0. The van der Waals surface area contributed by atoms with Gasteiger partial charge in [0.15, 0.2) is 0 Å². The number of amides is 1. The first-order valence-corrected chi connectivity index (χ1v) is 6.97. The number of hydrogen-bond donors (Lipinski definition) is 2. The molecule has 0 bridgehead atoms. The van der Waals surface area contributed by atoms with Gasteiger partial charge in [-0.05, 0) is 17.7 Å². The topological polar surface area (TPSA) is 58.6 Å². The lowest BCUT2D eigenvalue weighted by Crippen LogP contribution is -2.44. The molecular weight excluding hydrogens is 304 g/mol. The van der Waals surface area contributed by atoms with E-state index in [2.05, 4.69) is 5.32 Å². The number of methoxy groups -OCH3 is 1. The van der Waals surface area contributed by atoms with Crippen LogP contribution in [0.15, 0.2) is 48.5 Å². The number of aliphatic hydroxyl groups is 1. The summed E-state index contributed by atoms with van der Waals surface area (Å²) in [5.74, 6) is -2.86. The van der Waals surface area contributed by atoms with Crippen molar-refractivity contribution in [1.29, 1.82) is 0 Å². The van der Waals surface area contributed by atoms with Crippen LogP contribution in [0, 0.1) is 11.6 Å². The second-order valence-electron chi connectivity index (χ2n) is 5.11. The number of carbonyl (C=O) groups excluding carboxylic acids is 1. The third-order valence-corrected chi connectivity index (χ3v) is 3.43. The zero-order chi connectivity index (χ0) is 16.9. The van der Waals surface area contributed by atoms with Crippen molar-refractivity contribution in [3.05, 3.63) is 71.3 Å². The lowest BCUT2D eigenvalue weighted by Gasteiger charge is -2.28. The van der Waals surface area contributed by atoms with E-state index in [0.717, 1.165) is 12.1 Å². The fourth-order valence-electron chi connectivity index (χ4n) is 2.25. The van der Waals surface area contributed by atoms with Crippen LogP contribution in [0.1, 0.15) is 15.9 Å². The first kappa shape index (κ1) is 17.1. The molecule has 0 fully saturated rings. The van der Waals surface area contributed by atoms with Crippen molar-refractivity contribution < 1.29 is 23.4 Å². The fraction of sp³-hybridized carbons (Fsp3) is 0.235. The van der Waals surface area contributed by atoms with Crippen LogP contribution in [0.25, 0.3) is 0 Å². The highest BCUT2D eigenvalue weighted by Crippen LogP contribution is 2.21. The quantitative estimate of drug-likeness (QED) is 0.858. The molecule has 2 aromatic rings. The molecule has 23 heavy (non-hydrogen) atoms. The van der Waals surface area contributed by atoms with Crippen molar-refractivity contribution in [3.8, 4) is 0 Å². The summed E-state index contributed by atoms with van der Waals surface area (Å²) in [6, 6.07) is 11.8. The second kappa shape index (κ2) is 7.30. The molecular formula is C17H17F2NO3. The maximum absolute atomic E-state index is 13.6. The van der Waals surface area contributed by atoms with Crippen LogP contribution in [-0.2, 0) is 10.3 Å². The molecule has 0 aliphatic heterocycles. The van der Waals surface area contributed by atoms with E-state index in [1.165, 1.54) is 13.2 Å². The molecule has 2 rings (SSSR count). The number of halogens is 2. The van der Waals surface area contributed by atoms with Crippen LogP contribution < -0.4 is 5.32 Å². The van der Waals surface area contributed by atoms with E-state index in [-0.39, 0.29) is 13.2 Å². The van der Waals surface area contributed by atoms with Crippen molar-refractivity contribution in [2.24, 2.45) is 0 Å². The molecule has 0 aliphatic carbocycles. The van der Waals surface area contributed by atoms with E-state index in [1.54, 1.807) is 30.3 Å². The van der Waals surface area contributed by atoms with Gasteiger partial charge in [-0.15, -0.1) is 0 Å². The maximum atomic E-state index is 13.6. The van der Waals surface area contributed by atoms with Gasteiger partial charge < -0.3 is 15.2 Å². The molecule has 122 valence electrons. The number of nitrogens with one attached hydrogen (secondary N) is 1. The molecule has 0 heterocycles. The highest BCUT2D eigenvalue weighted by Gasteiger charge is 2.30. The summed E-state index contributed by atoms with van der Waals surface area (Å²) in [5.41, 5.74) is -1.66. The zero-order valence-corrected chi connectivity index (χ0v) is 12.6. The number of ether oxygens (including phenoxy) is 1. The number of rotatable bonds is 6. The average Bonchev–Trinajstić information content (AvgIpc) is 2.54. The molecule has 0 aromatic heterocycles. The van der Waals surface area contributed by atoms with Gasteiger partial charge in [0.25, 0.3) is 5.91 Å². The van der Waals surface area contributed by atoms with Gasteiger partial charge in [0.1, 0.15) is 22.8 Å². The van der Waals surface area contributed by atoms with E-state index in [4.69, 9.17) is 4.74 Å². The van der Waals surface area contributed by atoms with Gasteiger partial charge >= 0.3 is 0 Å². The lowest BCUT2D eigenvalue weighted by molar-refractivity contribution is -0.0335. The minimum atomic E-state index is -1.51. The van der Waals surface area contributed by atoms with Crippen LogP contribution in [0.5, 0.6) is 0 Å². The van der Waals surface area contributed by atoms with Gasteiger partial charge in [-0.2, -0.15) is 0 Å². The van der Waals surface area contributed by atoms with E-state index < -0.39 is 28.7 Å². The summed E-state index contributed by atoms with van der Waals surface area (Å²) in [6.07, 6.45) is 0. The lowest BCUT2D eigenvalue weighted by atomic mass is 9.94. The maximum Gasteiger partial charge on any atom is 0.257 e. The summed E-state index contributed by atoms with van der Waals surface area (Å²) in [5, 5.41) is 13.0. The van der Waals surface area contributed by atoms with Gasteiger partial charge in [0.2, 0.25) is 0 Å². The number of hydrogen-bond acceptors (Lipinski definition) is 3. The van der Waals surface area contributed by atoms with Crippen molar-refractivity contribution in [2.75, 3.05) is 20.3 Å². The van der Waals surface area contributed by atoms with E-state index in [9.17, 15) is 18.7 Å². The number of carbonyl (C=O) groups is 1. The molecule has 1 atom stereocenters. The Labute approximate surface area is 132 Å². The van der Waals surface area contributed by atoms with Crippen molar-refractivity contribution in [2.45, 2.75) is 5.60 Å². The Balaban J connectivity index is 2.18. The van der Waals surface area contributed by atoms with Gasteiger partial charge in [-0.1, -0.05) is 36.4 Å². The first-order chi connectivity index (χ1) is 11.0. The largest absolute Gasteiger partial charge is 0.381 e. The molecule has 0 unspecified atom stereocenters.